The number of benzene rings is 1. The predicted molar refractivity (Wildman–Crippen MR) is 131 cm³/mol. The van der Waals surface area contributed by atoms with Crippen LogP contribution >= 0.6 is 12.2 Å². The molecule has 0 N–H and O–H groups in total. The minimum Gasteiger partial charge on any atom is -0.487 e. The van der Waals surface area contributed by atoms with Gasteiger partial charge < -0.3 is 14.5 Å². The van der Waals surface area contributed by atoms with Gasteiger partial charge in [0.2, 0.25) is 0 Å². The van der Waals surface area contributed by atoms with Gasteiger partial charge in [0, 0.05) is 18.8 Å². The zero-order valence-electron chi connectivity index (χ0n) is 19.8. The number of alkyl halides is 4. The Labute approximate surface area is 216 Å². The number of pyridine rings is 1. The minimum atomic E-state index is -4.82. The van der Waals surface area contributed by atoms with Gasteiger partial charge in [-0.25, -0.2) is 9.37 Å². The van der Waals surface area contributed by atoms with Gasteiger partial charge in [0.05, 0.1) is 17.4 Å². The van der Waals surface area contributed by atoms with Crippen molar-refractivity contribution in [1.82, 2.24) is 9.88 Å². The van der Waals surface area contributed by atoms with E-state index < -0.39 is 41.2 Å². The van der Waals surface area contributed by atoms with Crippen LogP contribution in [0, 0.1) is 11.3 Å². The third-order valence-electron chi connectivity index (χ3n) is 7.20. The second-order valence-corrected chi connectivity index (χ2v) is 9.93. The number of aromatic nitrogens is 1. The molecule has 1 aromatic heterocycles. The second kappa shape index (κ2) is 9.22. The van der Waals surface area contributed by atoms with E-state index in [9.17, 15) is 22.4 Å². The summed E-state index contributed by atoms with van der Waals surface area (Å²) in [6.45, 7) is 1.03. The lowest BCUT2D eigenvalue weighted by Gasteiger charge is -2.43. The van der Waals surface area contributed by atoms with Gasteiger partial charge >= 0.3 is 6.18 Å². The van der Waals surface area contributed by atoms with Crippen molar-refractivity contribution in [2.45, 2.75) is 49.7 Å². The fourth-order valence-corrected chi connectivity index (χ4v) is 5.57. The van der Waals surface area contributed by atoms with Gasteiger partial charge in [0.1, 0.15) is 29.6 Å². The van der Waals surface area contributed by atoms with Crippen molar-refractivity contribution >= 4 is 34.6 Å². The Hall–Kier alpha value is -3.30. The highest BCUT2D eigenvalue weighted by Gasteiger charge is 2.59. The largest absolute Gasteiger partial charge is 0.487 e. The number of carbonyl (C=O) groups is 1. The van der Waals surface area contributed by atoms with Crippen LogP contribution in [0.1, 0.15) is 36.9 Å². The van der Waals surface area contributed by atoms with Gasteiger partial charge in [-0.05, 0) is 75.3 Å². The first-order chi connectivity index (χ1) is 17.5. The van der Waals surface area contributed by atoms with Crippen LogP contribution in [0.4, 0.5) is 28.9 Å². The number of nitrogens with zero attached hydrogens (tertiary/aromatic N) is 5. The van der Waals surface area contributed by atoms with E-state index in [1.54, 1.807) is 29.2 Å². The van der Waals surface area contributed by atoms with Gasteiger partial charge in [0.25, 0.3) is 5.91 Å². The lowest BCUT2D eigenvalue weighted by molar-refractivity contribution is -0.138. The van der Waals surface area contributed by atoms with Crippen molar-refractivity contribution in [1.29, 1.82) is 5.26 Å². The molecule has 194 valence electrons. The monoisotopic (exact) mass is 533 g/mol. The number of rotatable bonds is 4. The van der Waals surface area contributed by atoms with E-state index in [0.29, 0.717) is 37.2 Å². The number of ether oxygens (including phenoxy) is 1. The fraction of sp³-hybridized carbons (Fsp3) is 0.440. The fourth-order valence-electron chi connectivity index (χ4n) is 5.11. The molecular weight excluding hydrogens is 510 g/mol. The molecular formula is C25H23F4N5O2S. The molecule has 1 amide bonds. The molecule has 2 atom stereocenters. The summed E-state index contributed by atoms with van der Waals surface area (Å²) in [5.74, 6) is 0.0401. The van der Waals surface area contributed by atoms with E-state index in [4.69, 9.17) is 22.2 Å². The van der Waals surface area contributed by atoms with Gasteiger partial charge in [0.15, 0.2) is 10.8 Å². The molecule has 0 bridgehead atoms. The van der Waals surface area contributed by atoms with E-state index in [1.807, 2.05) is 11.9 Å². The molecule has 3 heterocycles. The lowest BCUT2D eigenvalue weighted by Crippen LogP contribution is -2.55. The standard InChI is InChI=1S/C25H23F4N5O2S/c1-32-10-7-21(19(26)14-32)36-17-5-3-15(4-6-17)34-23(37)33(22(35)24(34)8-2-9-24)16-11-18(25(27,28)29)20(12-30)31-13-16/h3-6,11,13,19,21H,2,7-10,14H2,1H3. The maximum Gasteiger partial charge on any atom is 0.419 e. The number of halogens is 4. The molecule has 2 saturated heterocycles. The highest BCUT2D eigenvalue weighted by atomic mass is 32.1. The summed E-state index contributed by atoms with van der Waals surface area (Å²) in [5.41, 5.74) is -2.59. The van der Waals surface area contributed by atoms with Crippen LogP contribution in [-0.4, -0.2) is 58.9 Å². The molecule has 12 heteroatoms. The molecule has 1 aliphatic carbocycles. The van der Waals surface area contributed by atoms with Crippen molar-refractivity contribution in [3.63, 3.8) is 0 Å². The third-order valence-corrected chi connectivity index (χ3v) is 7.57. The molecule has 7 nitrogen and oxygen atoms in total. The van der Waals surface area contributed by atoms with Crippen LogP contribution in [0.5, 0.6) is 5.75 Å². The van der Waals surface area contributed by atoms with Crippen LogP contribution in [0.3, 0.4) is 0 Å². The van der Waals surface area contributed by atoms with Crippen LogP contribution in [-0.2, 0) is 11.0 Å². The summed E-state index contributed by atoms with van der Waals surface area (Å²) in [6.07, 6.45) is -3.17. The van der Waals surface area contributed by atoms with Crippen molar-refractivity contribution in [3.05, 3.63) is 47.8 Å². The molecule has 2 unspecified atom stereocenters. The van der Waals surface area contributed by atoms with Gasteiger partial charge in [-0.2, -0.15) is 18.4 Å². The van der Waals surface area contributed by atoms with Crippen LogP contribution in [0.25, 0.3) is 0 Å². The molecule has 1 saturated carbocycles. The summed E-state index contributed by atoms with van der Waals surface area (Å²) in [7, 11) is 1.86. The molecule has 1 spiro atoms. The topological polar surface area (TPSA) is 72.7 Å². The number of likely N-dealkylation sites (tertiary alicyclic amines) is 1. The summed E-state index contributed by atoms with van der Waals surface area (Å²) in [6, 6.07) is 8.94. The third kappa shape index (κ3) is 4.30. The first-order valence-electron chi connectivity index (χ1n) is 11.8. The Kier molecular flexibility index (Phi) is 6.32. The van der Waals surface area contributed by atoms with Crippen LogP contribution in [0.15, 0.2) is 36.5 Å². The minimum absolute atomic E-state index is 0.0251. The van der Waals surface area contributed by atoms with Gasteiger partial charge in [-0.1, -0.05) is 0 Å². The summed E-state index contributed by atoms with van der Waals surface area (Å²) in [4.78, 5) is 21.8. The van der Waals surface area contributed by atoms with E-state index in [1.165, 1.54) is 6.07 Å². The summed E-state index contributed by atoms with van der Waals surface area (Å²) < 4.78 is 60.9. The number of hydrogen-bond acceptors (Lipinski definition) is 6. The molecule has 2 aromatic rings. The number of hydrogen-bond donors (Lipinski definition) is 0. The Balaban J connectivity index is 1.43. The molecule has 3 fully saturated rings. The zero-order chi connectivity index (χ0) is 26.5. The predicted octanol–water partition coefficient (Wildman–Crippen LogP) is 4.45. The molecule has 1 aromatic carbocycles. The number of nitriles is 1. The van der Waals surface area contributed by atoms with Gasteiger partial charge in [-0.15, -0.1) is 0 Å². The number of piperidine rings is 1. The van der Waals surface area contributed by atoms with Crippen LogP contribution in [0.2, 0.25) is 0 Å². The van der Waals surface area contributed by atoms with Crippen molar-refractivity contribution in [2.75, 3.05) is 29.9 Å². The van der Waals surface area contributed by atoms with E-state index in [0.717, 1.165) is 30.1 Å². The summed E-state index contributed by atoms with van der Waals surface area (Å²) >= 11 is 5.61. The highest BCUT2D eigenvalue weighted by molar-refractivity contribution is 7.81. The average Bonchev–Trinajstić information content (AvgIpc) is 3.07. The Morgan fingerprint density at radius 2 is 1.92 bits per heavy atom. The van der Waals surface area contributed by atoms with E-state index in [-0.39, 0.29) is 10.8 Å². The summed E-state index contributed by atoms with van der Waals surface area (Å²) in [5, 5.41) is 9.08. The maximum absolute atomic E-state index is 14.4. The quantitative estimate of drug-likeness (QED) is 0.425. The van der Waals surface area contributed by atoms with Crippen molar-refractivity contribution < 1.29 is 27.1 Å². The first kappa shape index (κ1) is 25.4. The van der Waals surface area contributed by atoms with E-state index in [2.05, 4.69) is 4.98 Å². The highest BCUT2D eigenvalue weighted by Crippen LogP contribution is 2.48. The molecule has 2 aliphatic heterocycles. The average molecular weight is 534 g/mol. The van der Waals surface area contributed by atoms with Gasteiger partial charge in [-0.3, -0.25) is 9.69 Å². The second-order valence-electron chi connectivity index (χ2n) is 9.56. The molecule has 3 aliphatic rings. The van der Waals surface area contributed by atoms with Crippen molar-refractivity contribution in [3.8, 4) is 11.8 Å². The Morgan fingerprint density at radius 1 is 1.22 bits per heavy atom. The lowest BCUT2D eigenvalue weighted by atomic mass is 9.75. The number of carbonyl (C=O) groups excluding carboxylic acids is 1. The number of anilines is 2. The van der Waals surface area contributed by atoms with Crippen LogP contribution < -0.4 is 14.5 Å². The van der Waals surface area contributed by atoms with E-state index >= 15 is 0 Å². The molecule has 5 rings (SSSR count). The smallest absolute Gasteiger partial charge is 0.419 e. The Morgan fingerprint density at radius 3 is 2.49 bits per heavy atom. The SMILES string of the molecule is CN1CCC(Oc2ccc(N3C(=S)N(c4cnc(C#N)c(C(F)(F)F)c4)C(=O)C34CCC4)cc2)C(F)C1. The molecule has 0 radical (unpaired) electrons. The first-order valence-corrected chi connectivity index (χ1v) is 12.2. The molecule has 37 heavy (non-hydrogen) atoms. The maximum atomic E-state index is 14.4. The number of thiocarbonyl (C=S) groups is 1. The number of amides is 1. The van der Waals surface area contributed by atoms with Crippen molar-refractivity contribution in [2.24, 2.45) is 0 Å². The zero-order valence-corrected chi connectivity index (χ0v) is 20.7. The normalized spacial score (nSPS) is 23.8. The Bertz CT molecular complexity index is 1280.